The maximum absolute atomic E-state index is 14.9. The topological polar surface area (TPSA) is 0 Å². The summed E-state index contributed by atoms with van der Waals surface area (Å²) in [6.45, 7) is 8.66. The summed E-state index contributed by atoms with van der Waals surface area (Å²) in [5.74, 6) is -6.27. The van der Waals surface area contributed by atoms with Gasteiger partial charge in [-0.2, -0.15) is 0 Å². The van der Waals surface area contributed by atoms with E-state index in [1.54, 1.807) is 0 Å². The number of benzene rings is 2. The van der Waals surface area contributed by atoms with Crippen LogP contribution < -0.4 is 0 Å². The van der Waals surface area contributed by atoms with Crippen molar-refractivity contribution < 1.29 is 17.6 Å². The molecule has 0 aliphatic carbocycles. The Balaban J connectivity index is 2.82. The number of hydrogen-bond donors (Lipinski definition) is 0. The lowest BCUT2D eigenvalue weighted by Gasteiger charge is -2.33. The molecule has 0 amide bonds. The molecule has 0 aliphatic heterocycles. The fourth-order valence-electron chi connectivity index (χ4n) is 2.67. The molecule has 0 heterocycles. The first kappa shape index (κ1) is 18.8. The molecule has 0 bridgehead atoms. The average molecular weight is 340 g/mol. The van der Waals surface area contributed by atoms with Gasteiger partial charge in [-0.1, -0.05) is 77.9 Å². The number of hydrogen-bond acceptors (Lipinski definition) is 0. The van der Waals surface area contributed by atoms with Gasteiger partial charge in [0, 0.05) is 22.0 Å². The predicted octanol–water partition coefficient (Wildman–Crippen LogP) is 7.12. The fourth-order valence-corrected chi connectivity index (χ4v) is 2.67. The van der Waals surface area contributed by atoms with Gasteiger partial charge in [-0.3, -0.25) is 0 Å². The maximum atomic E-state index is 14.9. The molecule has 4 heteroatoms. The van der Waals surface area contributed by atoms with E-state index < -0.39 is 22.7 Å². The van der Waals surface area contributed by atoms with Crippen molar-refractivity contribution in [2.75, 3.05) is 0 Å². The molecule has 24 heavy (non-hydrogen) atoms. The van der Waals surface area contributed by atoms with Crippen LogP contribution in [0.3, 0.4) is 0 Å². The molecule has 0 aromatic heterocycles. The van der Waals surface area contributed by atoms with Gasteiger partial charge in [0.1, 0.15) is 0 Å². The van der Waals surface area contributed by atoms with E-state index in [0.717, 1.165) is 0 Å². The molecule has 0 radical (unpaired) electrons. The zero-order valence-corrected chi connectivity index (χ0v) is 15.0. The van der Waals surface area contributed by atoms with E-state index in [1.165, 1.54) is 77.9 Å². The van der Waals surface area contributed by atoms with Crippen LogP contribution >= 0.6 is 0 Å². The highest BCUT2D eigenvalue weighted by molar-refractivity contribution is 5.90. The minimum Gasteiger partial charge on any atom is -0.201 e. The SMILES string of the molecule is CC(C)(C)C(F)(F)c1cccc2c(C(F)(F)C(C)(C)C)cccc12. The van der Waals surface area contributed by atoms with Crippen molar-refractivity contribution in [2.24, 2.45) is 10.8 Å². The highest BCUT2D eigenvalue weighted by atomic mass is 19.3. The quantitative estimate of drug-likeness (QED) is 0.511. The van der Waals surface area contributed by atoms with Crippen LogP contribution in [0.15, 0.2) is 36.4 Å². The Morgan fingerprint density at radius 2 is 0.833 bits per heavy atom. The van der Waals surface area contributed by atoms with Crippen LogP contribution in [0.1, 0.15) is 52.7 Å². The van der Waals surface area contributed by atoms with E-state index in [0.29, 0.717) is 0 Å². The van der Waals surface area contributed by atoms with Crippen molar-refractivity contribution in [3.05, 3.63) is 47.5 Å². The summed E-state index contributed by atoms with van der Waals surface area (Å²) in [5.41, 5.74) is -3.05. The lowest BCUT2D eigenvalue weighted by atomic mass is 9.79. The molecule has 2 aromatic rings. The number of rotatable bonds is 2. The van der Waals surface area contributed by atoms with Crippen molar-refractivity contribution in [1.82, 2.24) is 0 Å². The largest absolute Gasteiger partial charge is 0.278 e. The molecule has 2 rings (SSSR count). The van der Waals surface area contributed by atoms with E-state index in [2.05, 4.69) is 0 Å². The highest BCUT2D eigenvalue weighted by Gasteiger charge is 2.48. The van der Waals surface area contributed by atoms with Gasteiger partial charge in [0.25, 0.3) is 11.8 Å². The summed E-state index contributed by atoms with van der Waals surface area (Å²) < 4.78 is 59.5. The van der Waals surface area contributed by atoms with Crippen LogP contribution in [0, 0.1) is 10.8 Å². The summed E-state index contributed by atoms with van der Waals surface area (Å²) in [7, 11) is 0. The van der Waals surface area contributed by atoms with E-state index in [4.69, 9.17) is 0 Å². The lowest BCUT2D eigenvalue weighted by molar-refractivity contribution is -0.104. The Bertz CT molecular complexity index is 681. The molecular formula is C20H24F4. The van der Waals surface area contributed by atoms with E-state index in [9.17, 15) is 17.6 Å². The average Bonchev–Trinajstić information content (AvgIpc) is 2.43. The number of fused-ring (bicyclic) bond motifs is 1. The molecule has 0 atom stereocenters. The molecule has 0 aliphatic rings. The second kappa shape index (κ2) is 5.47. The van der Waals surface area contributed by atoms with Gasteiger partial charge in [-0.05, 0) is 10.8 Å². The molecule has 0 saturated heterocycles. The summed E-state index contributed by atoms with van der Waals surface area (Å²) in [4.78, 5) is 0. The summed E-state index contributed by atoms with van der Waals surface area (Å²) in [6, 6.07) is 8.50. The fraction of sp³-hybridized carbons (Fsp3) is 0.500. The van der Waals surface area contributed by atoms with Crippen LogP contribution in [0.25, 0.3) is 10.8 Å². The van der Waals surface area contributed by atoms with Gasteiger partial charge in [-0.25, -0.2) is 17.6 Å². The Labute approximate surface area is 140 Å². The number of halogens is 4. The van der Waals surface area contributed by atoms with Crippen LogP contribution in [-0.2, 0) is 11.8 Å². The van der Waals surface area contributed by atoms with E-state index in [-0.39, 0.29) is 21.9 Å². The second-order valence-electron chi connectivity index (χ2n) is 8.36. The Morgan fingerprint density at radius 1 is 0.542 bits per heavy atom. The first-order chi connectivity index (χ1) is 10.7. The zero-order chi connectivity index (χ0) is 18.6. The molecular weight excluding hydrogens is 316 g/mol. The smallest absolute Gasteiger partial charge is 0.201 e. The van der Waals surface area contributed by atoms with E-state index in [1.807, 2.05) is 0 Å². The molecule has 0 N–H and O–H groups in total. The van der Waals surface area contributed by atoms with Crippen LogP contribution in [0.2, 0.25) is 0 Å². The number of alkyl halides is 4. The maximum Gasteiger partial charge on any atom is 0.278 e. The Kier molecular flexibility index (Phi) is 4.27. The van der Waals surface area contributed by atoms with E-state index >= 15 is 0 Å². The van der Waals surface area contributed by atoms with Crippen molar-refractivity contribution in [3.8, 4) is 0 Å². The van der Waals surface area contributed by atoms with Gasteiger partial charge >= 0.3 is 0 Å². The van der Waals surface area contributed by atoms with Gasteiger partial charge < -0.3 is 0 Å². The summed E-state index contributed by atoms with van der Waals surface area (Å²) in [5, 5.41) is 0.359. The Hall–Kier alpha value is -1.58. The first-order valence-corrected chi connectivity index (χ1v) is 7.99. The van der Waals surface area contributed by atoms with Crippen molar-refractivity contribution >= 4 is 10.8 Å². The van der Waals surface area contributed by atoms with Crippen LogP contribution in [-0.4, -0.2) is 0 Å². The molecule has 0 fully saturated rings. The van der Waals surface area contributed by atoms with Crippen molar-refractivity contribution in [2.45, 2.75) is 53.4 Å². The zero-order valence-electron chi connectivity index (χ0n) is 15.0. The van der Waals surface area contributed by atoms with Gasteiger partial charge in [-0.15, -0.1) is 0 Å². The van der Waals surface area contributed by atoms with Gasteiger partial charge in [0.15, 0.2) is 0 Å². The lowest BCUT2D eigenvalue weighted by Crippen LogP contribution is -2.32. The third kappa shape index (κ3) is 2.80. The third-order valence-corrected chi connectivity index (χ3v) is 4.48. The molecule has 0 nitrogen and oxygen atoms in total. The minimum absolute atomic E-state index is 0.179. The summed E-state index contributed by atoms with van der Waals surface area (Å²) >= 11 is 0. The molecule has 2 aromatic carbocycles. The Morgan fingerprint density at radius 3 is 1.08 bits per heavy atom. The first-order valence-electron chi connectivity index (χ1n) is 7.99. The van der Waals surface area contributed by atoms with Gasteiger partial charge in [0.2, 0.25) is 0 Å². The monoisotopic (exact) mass is 340 g/mol. The summed E-state index contributed by atoms with van der Waals surface area (Å²) in [6.07, 6.45) is 0. The van der Waals surface area contributed by atoms with Crippen molar-refractivity contribution in [3.63, 3.8) is 0 Å². The standard InChI is InChI=1S/C20H24F4/c1-17(2,3)19(21,22)15-11-7-10-14-13(15)9-8-12-16(14)20(23,24)18(4,5)6/h7-12H,1-6H3. The normalized spacial score (nSPS) is 14.2. The predicted molar refractivity (Wildman–Crippen MR) is 90.6 cm³/mol. The van der Waals surface area contributed by atoms with Crippen LogP contribution in [0.5, 0.6) is 0 Å². The molecule has 0 saturated carbocycles. The second-order valence-corrected chi connectivity index (χ2v) is 8.36. The highest BCUT2D eigenvalue weighted by Crippen LogP contribution is 2.50. The molecule has 0 spiro atoms. The van der Waals surface area contributed by atoms with Crippen molar-refractivity contribution in [1.29, 1.82) is 0 Å². The minimum atomic E-state index is -3.14. The molecule has 132 valence electrons. The molecule has 0 unspecified atom stereocenters. The van der Waals surface area contributed by atoms with Gasteiger partial charge in [0.05, 0.1) is 0 Å². The van der Waals surface area contributed by atoms with Crippen LogP contribution in [0.4, 0.5) is 17.6 Å². The third-order valence-electron chi connectivity index (χ3n) is 4.48.